The molecule has 8 aromatic rings. The smallest absolute Gasteiger partial charge is 0.329 e. The molecule has 0 bridgehead atoms. The van der Waals surface area contributed by atoms with Crippen molar-refractivity contribution in [2.24, 2.45) is 0 Å². The highest BCUT2D eigenvalue weighted by Crippen LogP contribution is 2.54. The number of imidazole rings is 2. The first-order valence-corrected chi connectivity index (χ1v) is 16.2. The van der Waals surface area contributed by atoms with Gasteiger partial charge in [-0.3, -0.25) is 4.90 Å². The van der Waals surface area contributed by atoms with Crippen LogP contribution in [-0.4, -0.2) is 25.9 Å². The highest BCUT2D eigenvalue weighted by Gasteiger charge is 2.44. The fraction of sp³-hybridized carbons (Fsp3) is 0.0732. The maximum atomic E-state index is 5.41. The lowest BCUT2D eigenvalue weighted by atomic mass is 9.63. The second-order valence-corrected chi connectivity index (χ2v) is 13.1. The molecule has 6 heteroatoms. The van der Waals surface area contributed by atoms with Gasteiger partial charge < -0.3 is 8.96 Å². The molecule has 1 aliphatic heterocycles. The minimum absolute atomic E-state index is 0.130. The topological polar surface area (TPSA) is 38.9 Å². The van der Waals surface area contributed by atoms with Crippen molar-refractivity contribution in [2.75, 3.05) is 4.90 Å². The Morgan fingerprint density at radius 1 is 0.511 bits per heavy atom. The van der Waals surface area contributed by atoms with Crippen LogP contribution in [0.25, 0.3) is 44.3 Å². The number of aromatic nitrogens is 4. The number of rotatable bonds is 3. The Morgan fingerprint density at radius 2 is 1.06 bits per heavy atom. The van der Waals surface area contributed by atoms with Crippen LogP contribution in [0.3, 0.4) is 0 Å². The monoisotopic (exact) mass is 603 g/mol. The maximum absolute atomic E-state index is 5.41. The number of fused-ring (bicyclic) bond motifs is 9. The first-order valence-electron chi connectivity index (χ1n) is 16.2. The van der Waals surface area contributed by atoms with Crippen molar-refractivity contribution in [2.45, 2.75) is 19.3 Å². The average Bonchev–Trinajstić information content (AvgIpc) is 3.76. The van der Waals surface area contributed by atoms with Crippen molar-refractivity contribution in [3.05, 3.63) is 157 Å². The van der Waals surface area contributed by atoms with E-state index in [1.165, 1.54) is 38.8 Å². The van der Waals surface area contributed by atoms with Gasteiger partial charge in [0.05, 0.1) is 27.8 Å². The van der Waals surface area contributed by atoms with Crippen LogP contribution in [0.2, 0.25) is 0 Å². The van der Waals surface area contributed by atoms with E-state index < -0.39 is 0 Å². The van der Waals surface area contributed by atoms with Crippen molar-refractivity contribution in [3.8, 4) is 22.3 Å². The van der Waals surface area contributed by atoms with E-state index in [2.05, 4.69) is 173 Å². The van der Waals surface area contributed by atoms with E-state index in [0.717, 1.165) is 39.7 Å². The number of nitrogens with zero attached hydrogens (tertiary/aromatic N) is 5. The summed E-state index contributed by atoms with van der Waals surface area (Å²) < 4.78 is 4.84. The van der Waals surface area contributed by atoms with Gasteiger partial charge in [0.15, 0.2) is 0 Å². The van der Waals surface area contributed by atoms with E-state index in [-0.39, 0.29) is 12.4 Å². The Labute approximate surface area is 273 Å². The lowest BCUT2D eigenvalue weighted by Gasteiger charge is -2.35. The summed E-state index contributed by atoms with van der Waals surface area (Å²) >= 11 is 0. The molecule has 0 radical (unpaired) electrons. The summed E-state index contributed by atoms with van der Waals surface area (Å²) in [6, 6.07) is 52.0. The Morgan fingerprint density at radius 3 is 1.77 bits per heavy atom. The highest BCUT2D eigenvalue weighted by molar-refractivity contribution is 6.74. The predicted molar refractivity (Wildman–Crippen MR) is 193 cm³/mol. The third-order valence-electron chi connectivity index (χ3n) is 10.2. The number of hydrogen-bond donors (Lipinski definition) is 0. The molecule has 0 unspecified atom stereocenters. The van der Waals surface area contributed by atoms with Crippen LogP contribution in [0, 0.1) is 0 Å². The third-order valence-corrected chi connectivity index (χ3v) is 10.2. The lowest BCUT2D eigenvalue weighted by molar-refractivity contribution is 0.660. The molecule has 5 nitrogen and oxygen atoms in total. The maximum Gasteiger partial charge on any atom is 0.426 e. The summed E-state index contributed by atoms with van der Waals surface area (Å²) in [5.41, 5.74) is 13.8. The molecular formula is C41H30BN5. The molecule has 1 aliphatic carbocycles. The van der Waals surface area contributed by atoms with Crippen molar-refractivity contribution >= 4 is 52.1 Å². The fourth-order valence-electron chi connectivity index (χ4n) is 8.08. The zero-order chi connectivity index (χ0) is 31.3. The van der Waals surface area contributed by atoms with Crippen LogP contribution >= 0.6 is 0 Å². The lowest BCUT2D eigenvalue weighted by Crippen LogP contribution is -2.50. The molecule has 0 atom stereocenters. The molecule has 0 saturated heterocycles. The quantitative estimate of drug-likeness (QED) is 0.189. The third kappa shape index (κ3) is 3.55. The van der Waals surface area contributed by atoms with Crippen LogP contribution in [0.4, 0.5) is 17.6 Å². The van der Waals surface area contributed by atoms with E-state index in [4.69, 9.17) is 9.97 Å². The molecule has 0 fully saturated rings. The Balaban J connectivity index is 1.34. The van der Waals surface area contributed by atoms with E-state index >= 15 is 0 Å². The van der Waals surface area contributed by atoms with Crippen LogP contribution in [0.15, 0.2) is 146 Å². The molecule has 10 rings (SSSR count). The summed E-state index contributed by atoms with van der Waals surface area (Å²) in [5.74, 6) is 1.72. The molecule has 6 aromatic carbocycles. The molecular weight excluding hydrogens is 573 g/mol. The molecule has 0 saturated carbocycles. The second-order valence-electron chi connectivity index (χ2n) is 13.1. The van der Waals surface area contributed by atoms with Crippen LogP contribution < -0.4 is 10.4 Å². The Kier molecular flexibility index (Phi) is 5.36. The first kappa shape index (κ1) is 26.4. The van der Waals surface area contributed by atoms with Gasteiger partial charge in [0.2, 0.25) is 11.9 Å². The van der Waals surface area contributed by atoms with Gasteiger partial charge in [0.1, 0.15) is 0 Å². The van der Waals surface area contributed by atoms with E-state index in [1.807, 2.05) is 0 Å². The fourth-order valence-corrected chi connectivity index (χ4v) is 8.08. The zero-order valence-electron chi connectivity index (χ0n) is 26.2. The number of anilines is 3. The largest absolute Gasteiger partial charge is 0.426 e. The van der Waals surface area contributed by atoms with Crippen LogP contribution in [-0.2, 0) is 5.41 Å². The van der Waals surface area contributed by atoms with Crippen molar-refractivity contribution in [1.82, 2.24) is 18.9 Å². The van der Waals surface area contributed by atoms with Crippen molar-refractivity contribution < 1.29 is 0 Å². The molecule has 2 aliphatic rings. The Bertz CT molecular complexity index is 2440. The summed E-state index contributed by atoms with van der Waals surface area (Å²) in [7, 11) is 0. The van der Waals surface area contributed by atoms with Gasteiger partial charge in [-0.05, 0) is 63.6 Å². The minimum atomic E-state index is -0.229. The molecule has 0 N–H and O–H groups in total. The molecule has 3 heterocycles. The van der Waals surface area contributed by atoms with Gasteiger partial charge in [0.25, 0.3) is 0 Å². The standard InChI is InChI=1S/C41H30BN5/c1-41(2)30-19-8-6-18-29(30)38-31(41)20-14-26-37(38)45-39-43-33-22-10-12-24-35(33)46(39)42(47-36-25-13-11-23-34(36)44-40(45)47)32-21-9-7-17-28(32)27-15-4-3-5-16-27/h3-26H,1-2H3. The minimum Gasteiger partial charge on any atom is -0.329 e. The van der Waals surface area contributed by atoms with Crippen LogP contribution in [0.1, 0.15) is 25.0 Å². The molecule has 0 amide bonds. The van der Waals surface area contributed by atoms with Gasteiger partial charge in [-0.1, -0.05) is 129 Å². The first-order chi connectivity index (χ1) is 23.1. The number of hydrogen-bond acceptors (Lipinski definition) is 3. The van der Waals surface area contributed by atoms with Crippen molar-refractivity contribution in [3.63, 3.8) is 0 Å². The van der Waals surface area contributed by atoms with Crippen molar-refractivity contribution in [1.29, 1.82) is 0 Å². The summed E-state index contributed by atoms with van der Waals surface area (Å²) in [6.45, 7) is 4.44. The van der Waals surface area contributed by atoms with Gasteiger partial charge in [-0.25, -0.2) is 9.97 Å². The highest BCUT2D eigenvalue weighted by atomic mass is 15.4. The normalized spacial score (nSPS) is 14.3. The summed E-state index contributed by atoms with van der Waals surface area (Å²) in [4.78, 5) is 13.1. The molecule has 2 aromatic heterocycles. The van der Waals surface area contributed by atoms with E-state index in [9.17, 15) is 0 Å². The van der Waals surface area contributed by atoms with E-state index in [1.54, 1.807) is 0 Å². The number of benzene rings is 6. The molecule has 47 heavy (non-hydrogen) atoms. The van der Waals surface area contributed by atoms with Gasteiger partial charge in [0, 0.05) is 11.0 Å². The van der Waals surface area contributed by atoms with Gasteiger partial charge >= 0.3 is 6.98 Å². The number of para-hydroxylation sites is 4. The SMILES string of the molecule is CC1(C)c2ccccc2-c2c(N3c4nc5ccccc5n4B(c4ccccc4-c4ccccc4)n4c3nc3ccccc34)cccc21. The predicted octanol–water partition coefficient (Wildman–Crippen LogP) is 8.93. The van der Waals surface area contributed by atoms with Gasteiger partial charge in [-0.2, -0.15) is 0 Å². The van der Waals surface area contributed by atoms with Crippen LogP contribution in [0.5, 0.6) is 0 Å². The average molecular weight is 604 g/mol. The second kappa shape index (κ2) is 9.57. The summed E-state index contributed by atoms with van der Waals surface area (Å²) in [6.07, 6.45) is 0. The Hall–Kier alpha value is -5.88. The van der Waals surface area contributed by atoms with E-state index in [0.29, 0.717) is 0 Å². The molecule has 222 valence electrons. The zero-order valence-corrected chi connectivity index (χ0v) is 26.2. The van der Waals surface area contributed by atoms with Gasteiger partial charge in [-0.15, -0.1) is 0 Å². The molecule has 0 spiro atoms. The summed E-state index contributed by atoms with van der Waals surface area (Å²) in [5, 5.41) is 0.